The fourth-order valence-corrected chi connectivity index (χ4v) is 3.61. The quantitative estimate of drug-likeness (QED) is 0.676. The number of hydrogen-bond donors (Lipinski definition) is 0. The van der Waals surface area contributed by atoms with Crippen molar-refractivity contribution in [2.75, 3.05) is 6.61 Å². The average Bonchev–Trinajstić information content (AvgIpc) is 3.34. The topological polar surface area (TPSA) is 42.4 Å². The molecule has 1 fully saturated rings. The molecule has 1 atom stereocenters. The van der Waals surface area contributed by atoms with Crippen LogP contribution in [0.2, 0.25) is 0 Å². The highest BCUT2D eigenvalue weighted by Crippen LogP contribution is 2.36. The normalized spacial score (nSPS) is 15.5. The summed E-state index contributed by atoms with van der Waals surface area (Å²) >= 11 is 1.37. The smallest absolute Gasteiger partial charge is 0.367 e. The van der Waals surface area contributed by atoms with Gasteiger partial charge in [-0.1, -0.05) is 30.3 Å². The van der Waals surface area contributed by atoms with Crippen LogP contribution in [0.5, 0.6) is 0 Å². The third-order valence-electron chi connectivity index (χ3n) is 4.48. The van der Waals surface area contributed by atoms with Crippen molar-refractivity contribution < 1.29 is 9.53 Å². The first-order valence-electron chi connectivity index (χ1n) is 8.57. The Morgan fingerprint density at radius 2 is 2.08 bits per heavy atom. The third-order valence-corrected chi connectivity index (χ3v) is 5.35. The molecule has 0 spiro atoms. The number of carbonyl (C=O) groups excluding carboxylic acids is 1. The van der Waals surface area contributed by atoms with E-state index in [2.05, 4.69) is 41.1 Å². The summed E-state index contributed by atoms with van der Waals surface area (Å²) < 4.78 is 5.03. The van der Waals surface area contributed by atoms with Crippen molar-refractivity contribution in [3.8, 4) is 0 Å². The first kappa shape index (κ1) is 17.1. The molecular weight excluding hydrogens is 320 g/mol. The predicted octanol–water partition coefficient (Wildman–Crippen LogP) is 4.12. The number of carbonyl (C=O) groups is 1. The van der Waals surface area contributed by atoms with Gasteiger partial charge in [0.15, 0.2) is 0 Å². The number of aromatic nitrogens is 1. The van der Waals surface area contributed by atoms with Crippen molar-refractivity contribution in [1.29, 1.82) is 0 Å². The second-order valence-corrected chi connectivity index (χ2v) is 7.19. The Labute approximate surface area is 147 Å². The largest absolute Gasteiger partial charge is 0.461 e. The van der Waals surface area contributed by atoms with Crippen LogP contribution in [0.1, 0.15) is 47.7 Å². The maximum atomic E-state index is 11.8. The minimum atomic E-state index is -0.321. The molecule has 24 heavy (non-hydrogen) atoms. The molecular formula is C19H24N2O2S. The van der Waals surface area contributed by atoms with Crippen LogP contribution >= 0.6 is 11.3 Å². The number of benzene rings is 1. The van der Waals surface area contributed by atoms with Crippen LogP contribution < -0.4 is 0 Å². The molecule has 5 heteroatoms. The molecule has 1 heterocycles. The first-order valence-corrected chi connectivity index (χ1v) is 9.45. The van der Waals surface area contributed by atoms with E-state index in [4.69, 9.17) is 4.74 Å². The van der Waals surface area contributed by atoms with Crippen molar-refractivity contribution in [3.05, 3.63) is 52.0 Å². The van der Waals surface area contributed by atoms with Gasteiger partial charge in [-0.25, -0.2) is 9.78 Å². The van der Waals surface area contributed by atoms with E-state index in [-0.39, 0.29) is 5.97 Å². The summed E-state index contributed by atoms with van der Waals surface area (Å²) in [5, 5.41) is 2.43. The molecule has 0 radical (unpaired) electrons. The lowest BCUT2D eigenvalue weighted by molar-refractivity contribution is 0.0525. The van der Waals surface area contributed by atoms with Gasteiger partial charge in [-0.3, -0.25) is 4.90 Å². The van der Waals surface area contributed by atoms with Gasteiger partial charge in [-0.2, -0.15) is 0 Å². The zero-order valence-electron chi connectivity index (χ0n) is 14.3. The Morgan fingerprint density at radius 1 is 1.33 bits per heavy atom. The highest BCUT2D eigenvalue weighted by molar-refractivity contribution is 7.11. The summed E-state index contributed by atoms with van der Waals surface area (Å²) in [7, 11) is 0. The summed E-state index contributed by atoms with van der Waals surface area (Å²) in [5.41, 5.74) is 2.26. The lowest BCUT2D eigenvalue weighted by Gasteiger charge is -2.28. The molecule has 0 N–H and O–H groups in total. The van der Waals surface area contributed by atoms with E-state index >= 15 is 0 Å². The van der Waals surface area contributed by atoms with Crippen molar-refractivity contribution in [2.45, 2.75) is 45.8 Å². The zero-order chi connectivity index (χ0) is 16.9. The van der Waals surface area contributed by atoms with Gasteiger partial charge in [0, 0.05) is 24.5 Å². The maximum Gasteiger partial charge on any atom is 0.367 e. The number of hydrogen-bond acceptors (Lipinski definition) is 5. The average molecular weight is 344 g/mol. The van der Waals surface area contributed by atoms with E-state index in [1.807, 2.05) is 18.4 Å². The Morgan fingerprint density at radius 3 is 2.75 bits per heavy atom. The van der Waals surface area contributed by atoms with Gasteiger partial charge in [-0.15, -0.1) is 11.3 Å². The van der Waals surface area contributed by atoms with E-state index in [9.17, 15) is 4.79 Å². The monoisotopic (exact) mass is 344 g/mol. The molecule has 0 saturated heterocycles. The Kier molecular flexibility index (Phi) is 5.63. The van der Waals surface area contributed by atoms with Gasteiger partial charge < -0.3 is 4.74 Å². The van der Waals surface area contributed by atoms with Crippen LogP contribution in [-0.4, -0.2) is 28.5 Å². The van der Waals surface area contributed by atoms with Crippen molar-refractivity contribution in [2.24, 2.45) is 5.92 Å². The van der Waals surface area contributed by atoms with E-state index in [0.29, 0.717) is 17.7 Å². The Hall–Kier alpha value is -1.72. The molecule has 0 amide bonds. The Balaban J connectivity index is 1.70. The Bertz CT molecular complexity index is 667. The number of thiazole rings is 1. The molecule has 2 aromatic rings. The van der Waals surface area contributed by atoms with Gasteiger partial charge in [0.05, 0.1) is 12.3 Å². The number of ether oxygens (including phenoxy) is 1. The lowest BCUT2D eigenvalue weighted by Crippen LogP contribution is -2.33. The van der Waals surface area contributed by atoms with Crippen molar-refractivity contribution in [3.63, 3.8) is 0 Å². The minimum absolute atomic E-state index is 0.321. The molecule has 1 unspecified atom stereocenters. The van der Waals surface area contributed by atoms with Gasteiger partial charge in [0.2, 0.25) is 5.01 Å². The first-order chi connectivity index (χ1) is 11.7. The van der Waals surface area contributed by atoms with Gasteiger partial charge in [0.1, 0.15) is 0 Å². The molecule has 0 aliphatic heterocycles. The standard InChI is InChI=1S/C19H24N2O2S/c1-3-23-19(22)18-20-17(13-24-18)12-21(14(2)16-9-10-16)11-15-7-5-4-6-8-15/h4-8,13-14,16H,3,9-12H2,1-2H3. The van der Waals surface area contributed by atoms with E-state index < -0.39 is 0 Å². The molecule has 128 valence electrons. The van der Waals surface area contributed by atoms with E-state index in [1.165, 1.54) is 29.7 Å². The zero-order valence-corrected chi connectivity index (χ0v) is 15.1. The predicted molar refractivity (Wildman–Crippen MR) is 95.9 cm³/mol. The van der Waals surface area contributed by atoms with Crippen molar-refractivity contribution in [1.82, 2.24) is 9.88 Å². The molecule has 4 nitrogen and oxygen atoms in total. The molecule has 0 bridgehead atoms. The highest BCUT2D eigenvalue weighted by atomic mass is 32.1. The number of rotatable bonds is 8. The number of esters is 1. The van der Waals surface area contributed by atoms with Crippen LogP contribution in [0.15, 0.2) is 35.7 Å². The SMILES string of the molecule is CCOC(=O)c1nc(CN(Cc2ccccc2)C(C)C2CC2)cs1. The van der Waals surface area contributed by atoms with E-state index in [0.717, 1.165) is 24.7 Å². The summed E-state index contributed by atoms with van der Waals surface area (Å²) in [5.74, 6) is 0.468. The van der Waals surface area contributed by atoms with Crippen molar-refractivity contribution >= 4 is 17.3 Å². The minimum Gasteiger partial charge on any atom is -0.461 e. The summed E-state index contributed by atoms with van der Waals surface area (Å²) in [6, 6.07) is 11.1. The molecule has 1 saturated carbocycles. The summed E-state index contributed by atoms with van der Waals surface area (Å²) in [4.78, 5) is 18.7. The fourth-order valence-electron chi connectivity index (χ4n) is 2.91. The summed E-state index contributed by atoms with van der Waals surface area (Å²) in [6.45, 7) is 6.17. The molecule has 1 aromatic carbocycles. The van der Waals surface area contributed by atoms with Crippen LogP contribution in [0.3, 0.4) is 0 Å². The number of nitrogens with zero attached hydrogens (tertiary/aromatic N) is 2. The van der Waals surface area contributed by atoms with Gasteiger partial charge in [-0.05, 0) is 38.2 Å². The second kappa shape index (κ2) is 7.90. The van der Waals surface area contributed by atoms with Crippen LogP contribution in [0, 0.1) is 5.92 Å². The van der Waals surface area contributed by atoms with Crippen LogP contribution in [-0.2, 0) is 17.8 Å². The highest BCUT2D eigenvalue weighted by Gasteiger charge is 2.32. The van der Waals surface area contributed by atoms with E-state index in [1.54, 1.807) is 0 Å². The lowest BCUT2D eigenvalue weighted by atomic mass is 10.1. The molecule has 1 aliphatic carbocycles. The van der Waals surface area contributed by atoms with Gasteiger partial charge in [0.25, 0.3) is 0 Å². The third kappa shape index (κ3) is 4.42. The van der Waals surface area contributed by atoms with Gasteiger partial charge >= 0.3 is 5.97 Å². The summed E-state index contributed by atoms with van der Waals surface area (Å²) in [6.07, 6.45) is 2.63. The molecule has 1 aromatic heterocycles. The van der Waals surface area contributed by atoms with Crippen LogP contribution in [0.25, 0.3) is 0 Å². The molecule has 3 rings (SSSR count). The maximum absolute atomic E-state index is 11.8. The fraction of sp³-hybridized carbons (Fsp3) is 0.474. The van der Waals surface area contributed by atoms with Crippen LogP contribution in [0.4, 0.5) is 0 Å². The second-order valence-electron chi connectivity index (χ2n) is 6.33. The molecule has 1 aliphatic rings.